The van der Waals surface area contributed by atoms with Crippen molar-refractivity contribution < 1.29 is 14.9 Å². The van der Waals surface area contributed by atoms with Gasteiger partial charge in [0.1, 0.15) is 0 Å². The van der Waals surface area contributed by atoms with Gasteiger partial charge in [-0.05, 0) is 41.8 Å². The Bertz CT molecular complexity index is 168. The standard InChI is InChI=1S/C8H19NO.C6H15NO2/c1-7(2)9(5-6-10)8(3)4;1-7(2)3-5-9-6-4-8/h7-8,10H,5-6H2,1-4H3;8H,3-6H2,1-2H3. The van der Waals surface area contributed by atoms with Crippen LogP contribution >= 0.6 is 0 Å². The van der Waals surface area contributed by atoms with E-state index in [0.29, 0.717) is 25.3 Å². The van der Waals surface area contributed by atoms with Crippen LogP contribution in [0.15, 0.2) is 0 Å². The van der Waals surface area contributed by atoms with Gasteiger partial charge in [-0.25, -0.2) is 0 Å². The van der Waals surface area contributed by atoms with Gasteiger partial charge in [0.05, 0.1) is 26.4 Å². The van der Waals surface area contributed by atoms with Crippen LogP contribution in [-0.4, -0.2) is 85.7 Å². The third kappa shape index (κ3) is 15.7. The first kappa shape index (κ1) is 21.1. The van der Waals surface area contributed by atoms with E-state index in [1.807, 2.05) is 19.0 Å². The monoisotopic (exact) mass is 278 g/mol. The molecule has 19 heavy (non-hydrogen) atoms. The fourth-order valence-electron chi connectivity index (χ4n) is 1.64. The Balaban J connectivity index is 0. The summed E-state index contributed by atoms with van der Waals surface area (Å²) in [6.45, 7) is 11.8. The maximum Gasteiger partial charge on any atom is 0.0698 e. The predicted molar refractivity (Wildman–Crippen MR) is 80.5 cm³/mol. The van der Waals surface area contributed by atoms with E-state index < -0.39 is 0 Å². The highest BCUT2D eigenvalue weighted by Gasteiger charge is 2.11. The van der Waals surface area contributed by atoms with Crippen molar-refractivity contribution in [2.45, 2.75) is 39.8 Å². The predicted octanol–water partition coefficient (Wildman–Crippen LogP) is 0.654. The number of hydrogen-bond donors (Lipinski definition) is 2. The lowest BCUT2D eigenvalue weighted by molar-refractivity contribution is 0.0821. The summed E-state index contributed by atoms with van der Waals surface area (Å²) >= 11 is 0. The number of nitrogens with zero attached hydrogens (tertiary/aromatic N) is 2. The minimum Gasteiger partial charge on any atom is -0.395 e. The molecular weight excluding hydrogens is 244 g/mol. The van der Waals surface area contributed by atoms with Crippen molar-refractivity contribution in [1.29, 1.82) is 0 Å². The van der Waals surface area contributed by atoms with Gasteiger partial charge in [0, 0.05) is 25.2 Å². The van der Waals surface area contributed by atoms with E-state index in [1.165, 1.54) is 0 Å². The summed E-state index contributed by atoms with van der Waals surface area (Å²) in [5.74, 6) is 0. The second kappa shape index (κ2) is 14.2. The number of aliphatic hydroxyl groups is 2. The van der Waals surface area contributed by atoms with Gasteiger partial charge in [0.15, 0.2) is 0 Å². The summed E-state index contributed by atoms with van der Waals surface area (Å²) in [6.07, 6.45) is 0. The lowest BCUT2D eigenvalue weighted by Crippen LogP contribution is -2.38. The molecule has 5 nitrogen and oxygen atoms in total. The summed E-state index contributed by atoms with van der Waals surface area (Å²) in [4.78, 5) is 4.30. The van der Waals surface area contributed by atoms with Crippen molar-refractivity contribution >= 4 is 0 Å². The van der Waals surface area contributed by atoms with Crippen molar-refractivity contribution in [2.24, 2.45) is 0 Å². The van der Waals surface area contributed by atoms with Crippen molar-refractivity contribution in [1.82, 2.24) is 9.80 Å². The van der Waals surface area contributed by atoms with Crippen LogP contribution in [0.2, 0.25) is 0 Å². The molecule has 118 valence electrons. The van der Waals surface area contributed by atoms with E-state index in [1.54, 1.807) is 0 Å². The van der Waals surface area contributed by atoms with Gasteiger partial charge >= 0.3 is 0 Å². The van der Waals surface area contributed by atoms with Gasteiger partial charge in [-0.1, -0.05) is 0 Å². The topological polar surface area (TPSA) is 56.2 Å². The number of ether oxygens (including phenoxy) is 1. The molecule has 0 heterocycles. The van der Waals surface area contributed by atoms with Gasteiger partial charge in [-0.3, -0.25) is 4.90 Å². The zero-order chi connectivity index (χ0) is 15.3. The molecule has 0 atom stereocenters. The van der Waals surface area contributed by atoms with Crippen LogP contribution in [0.1, 0.15) is 27.7 Å². The van der Waals surface area contributed by atoms with Crippen LogP contribution in [0.4, 0.5) is 0 Å². The van der Waals surface area contributed by atoms with E-state index in [9.17, 15) is 0 Å². The molecule has 5 heteroatoms. The Kier molecular flexibility index (Phi) is 15.8. The quantitative estimate of drug-likeness (QED) is 0.607. The molecule has 0 rings (SSSR count). The summed E-state index contributed by atoms with van der Waals surface area (Å²) < 4.78 is 5.00. The zero-order valence-electron chi connectivity index (χ0n) is 13.6. The zero-order valence-corrected chi connectivity index (χ0v) is 13.6. The molecule has 0 aromatic carbocycles. The van der Waals surface area contributed by atoms with Crippen molar-refractivity contribution in [3.63, 3.8) is 0 Å². The molecule has 0 saturated carbocycles. The minimum absolute atomic E-state index is 0.118. The van der Waals surface area contributed by atoms with E-state index in [4.69, 9.17) is 14.9 Å². The Morgan fingerprint density at radius 2 is 1.37 bits per heavy atom. The molecule has 0 aliphatic rings. The van der Waals surface area contributed by atoms with Gasteiger partial charge in [0.2, 0.25) is 0 Å². The van der Waals surface area contributed by atoms with Crippen LogP contribution in [0, 0.1) is 0 Å². The van der Waals surface area contributed by atoms with Gasteiger partial charge in [-0.2, -0.15) is 0 Å². The molecule has 2 N–H and O–H groups in total. The van der Waals surface area contributed by atoms with Crippen molar-refractivity contribution in [2.75, 3.05) is 53.6 Å². The van der Waals surface area contributed by atoms with Gasteiger partial charge in [-0.15, -0.1) is 0 Å². The Morgan fingerprint density at radius 3 is 1.63 bits per heavy atom. The third-order valence-electron chi connectivity index (χ3n) is 2.60. The minimum atomic E-state index is 0.118. The van der Waals surface area contributed by atoms with Crippen LogP contribution in [0.25, 0.3) is 0 Å². The Morgan fingerprint density at radius 1 is 0.842 bits per heavy atom. The summed E-state index contributed by atoms with van der Waals surface area (Å²) in [5, 5.41) is 17.0. The third-order valence-corrected chi connectivity index (χ3v) is 2.60. The second-order valence-corrected chi connectivity index (χ2v) is 5.29. The lowest BCUT2D eigenvalue weighted by Gasteiger charge is -2.29. The first-order chi connectivity index (χ1) is 8.86. The molecule has 0 aliphatic carbocycles. The molecule has 0 spiro atoms. The van der Waals surface area contributed by atoms with Crippen LogP contribution in [0.3, 0.4) is 0 Å². The first-order valence-electron chi connectivity index (χ1n) is 7.06. The number of likely N-dealkylation sites (N-methyl/N-ethyl adjacent to an activating group) is 1. The number of aliphatic hydroxyl groups excluding tert-OH is 2. The molecular formula is C14H34N2O3. The van der Waals surface area contributed by atoms with E-state index in [0.717, 1.165) is 13.1 Å². The maximum absolute atomic E-state index is 8.69. The number of rotatable bonds is 9. The largest absolute Gasteiger partial charge is 0.395 e. The molecule has 0 bridgehead atoms. The normalized spacial score (nSPS) is 11.4. The van der Waals surface area contributed by atoms with Crippen molar-refractivity contribution in [3.8, 4) is 0 Å². The highest BCUT2D eigenvalue weighted by molar-refractivity contribution is 4.65. The van der Waals surface area contributed by atoms with Crippen molar-refractivity contribution in [3.05, 3.63) is 0 Å². The molecule has 0 aromatic heterocycles. The fourth-order valence-corrected chi connectivity index (χ4v) is 1.64. The first-order valence-corrected chi connectivity index (χ1v) is 7.06. The van der Waals surface area contributed by atoms with Gasteiger partial charge in [0.25, 0.3) is 0 Å². The number of hydrogen-bond acceptors (Lipinski definition) is 5. The molecule has 0 unspecified atom stereocenters. The van der Waals surface area contributed by atoms with Crippen LogP contribution in [-0.2, 0) is 4.74 Å². The smallest absolute Gasteiger partial charge is 0.0698 e. The summed E-state index contributed by atoms with van der Waals surface area (Å²) in [7, 11) is 3.98. The average molecular weight is 278 g/mol. The highest BCUT2D eigenvalue weighted by Crippen LogP contribution is 2.02. The Hall–Kier alpha value is -0.200. The molecule has 0 radical (unpaired) electrons. The van der Waals surface area contributed by atoms with Crippen LogP contribution in [0.5, 0.6) is 0 Å². The second-order valence-electron chi connectivity index (χ2n) is 5.29. The summed E-state index contributed by atoms with van der Waals surface area (Å²) in [5.41, 5.74) is 0. The van der Waals surface area contributed by atoms with E-state index >= 15 is 0 Å². The fraction of sp³-hybridized carbons (Fsp3) is 1.00. The molecule has 0 aliphatic heterocycles. The molecule has 0 saturated heterocycles. The average Bonchev–Trinajstić information content (AvgIpc) is 2.31. The SMILES string of the molecule is CC(C)N(CCO)C(C)C.CN(C)CCOCCO. The summed E-state index contributed by atoms with van der Waals surface area (Å²) in [6, 6.07) is 1.07. The van der Waals surface area contributed by atoms with E-state index in [2.05, 4.69) is 32.6 Å². The lowest BCUT2D eigenvalue weighted by atomic mass is 10.2. The van der Waals surface area contributed by atoms with Gasteiger partial charge < -0.3 is 19.8 Å². The Labute approximate surface area is 119 Å². The van der Waals surface area contributed by atoms with E-state index in [-0.39, 0.29) is 13.2 Å². The molecule has 0 aromatic rings. The van der Waals surface area contributed by atoms with Crippen LogP contribution < -0.4 is 0 Å². The molecule has 0 amide bonds. The molecule has 0 fully saturated rings. The highest BCUT2D eigenvalue weighted by atomic mass is 16.5. The maximum atomic E-state index is 8.69.